The van der Waals surface area contributed by atoms with Gasteiger partial charge in [0.15, 0.2) is 0 Å². The van der Waals surface area contributed by atoms with Crippen molar-refractivity contribution in [1.82, 2.24) is 0 Å². The number of rotatable bonds is 3. The Kier molecular flexibility index (Phi) is 7.15. The SMILES string of the molecule is c1ccc(-c2cccc(-c3ccc4c(c3)Sc3ccccc3-c3ccccc3Sc3cc(-c5ccccc5)ccc3-4)c2)cc1. The van der Waals surface area contributed by atoms with E-state index in [4.69, 9.17) is 0 Å². The molecular weight excluding hydrogens is 569 g/mol. The highest BCUT2D eigenvalue weighted by Crippen LogP contribution is 2.50. The van der Waals surface area contributed by atoms with Crippen molar-refractivity contribution in [2.45, 2.75) is 19.6 Å². The molecular formula is C42H28S2. The predicted molar refractivity (Wildman–Crippen MR) is 188 cm³/mol. The molecule has 0 amide bonds. The summed E-state index contributed by atoms with van der Waals surface area (Å²) in [5, 5.41) is 0. The van der Waals surface area contributed by atoms with E-state index in [1.807, 2.05) is 23.5 Å². The number of hydrogen-bond acceptors (Lipinski definition) is 2. The number of fused-ring (bicyclic) bond motifs is 6. The number of hydrogen-bond donors (Lipinski definition) is 0. The second-order valence-electron chi connectivity index (χ2n) is 10.9. The van der Waals surface area contributed by atoms with E-state index < -0.39 is 0 Å². The minimum absolute atomic E-state index is 1.22. The van der Waals surface area contributed by atoms with Gasteiger partial charge in [0, 0.05) is 19.6 Å². The van der Waals surface area contributed by atoms with Gasteiger partial charge in [-0.2, -0.15) is 0 Å². The van der Waals surface area contributed by atoms with Crippen LogP contribution in [0, 0.1) is 0 Å². The summed E-state index contributed by atoms with van der Waals surface area (Å²) in [6.07, 6.45) is 0. The summed E-state index contributed by atoms with van der Waals surface area (Å²) in [4.78, 5) is 5.05. The van der Waals surface area contributed by atoms with Crippen molar-refractivity contribution >= 4 is 23.5 Å². The van der Waals surface area contributed by atoms with Crippen LogP contribution in [0.3, 0.4) is 0 Å². The molecule has 0 N–H and O–H groups in total. The molecule has 7 aromatic carbocycles. The van der Waals surface area contributed by atoms with Gasteiger partial charge in [0.2, 0.25) is 0 Å². The summed E-state index contributed by atoms with van der Waals surface area (Å²) in [5.41, 5.74) is 12.4. The van der Waals surface area contributed by atoms with Crippen LogP contribution in [0.15, 0.2) is 189 Å². The third kappa shape index (κ3) is 5.17. The van der Waals surface area contributed by atoms with Crippen LogP contribution < -0.4 is 0 Å². The lowest BCUT2D eigenvalue weighted by atomic mass is 9.96. The molecule has 1 aliphatic heterocycles. The maximum Gasteiger partial charge on any atom is 0.0207 e. The standard InChI is InChI=1S/C42H28S2/c1-3-12-29(13-4-1)31-16-11-17-32(26-31)34-23-25-38-37-24-22-33(30-14-5-2-6-15-30)27-41(37)43-39-20-9-7-18-35(39)36-19-8-10-21-40(36)44-42(38)28-34/h1-28H. The Morgan fingerprint density at radius 2 is 0.591 bits per heavy atom. The molecule has 0 nitrogen and oxygen atoms in total. The van der Waals surface area contributed by atoms with E-state index in [-0.39, 0.29) is 0 Å². The molecule has 0 saturated carbocycles. The molecule has 0 fully saturated rings. The first kappa shape index (κ1) is 26.8. The van der Waals surface area contributed by atoms with Crippen LogP contribution in [0.1, 0.15) is 0 Å². The molecule has 44 heavy (non-hydrogen) atoms. The van der Waals surface area contributed by atoms with Crippen molar-refractivity contribution in [3.8, 4) is 55.6 Å². The van der Waals surface area contributed by atoms with E-state index in [1.54, 1.807) is 0 Å². The first-order valence-corrected chi connectivity index (χ1v) is 16.5. The topological polar surface area (TPSA) is 0 Å². The molecule has 0 saturated heterocycles. The van der Waals surface area contributed by atoms with Crippen molar-refractivity contribution in [3.63, 3.8) is 0 Å². The molecule has 0 atom stereocenters. The largest absolute Gasteiger partial charge is 0.0888 e. The van der Waals surface area contributed by atoms with Crippen LogP contribution in [0.25, 0.3) is 55.6 Å². The Morgan fingerprint density at radius 1 is 0.227 bits per heavy atom. The van der Waals surface area contributed by atoms with E-state index in [0.29, 0.717) is 0 Å². The summed E-state index contributed by atoms with van der Waals surface area (Å²) in [7, 11) is 0. The van der Waals surface area contributed by atoms with Gasteiger partial charge in [-0.1, -0.05) is 163 Å². The maximum atomic E-state index is 2.38. The van der Waals surface area contributed by atoms with Crippen molar-refractivity contribution in [1.29, 1.82) is 0 Å². The first-order chi connectivity index (χ1) is 21.8. The molecule has 8 rings (SSSR count). The Hall–Kier alpha value is -4.76. The van der Waals surface area contributed by atoms with E-state index >= 15 is 0 Å². The minimum Gasteiger partial charge on any atom is -0.0888 e. The Morgan fingerprint density at radius 3 is 1.11 bits per heavy atom. The third-order valence-electron chi connectivity index (χ3n) is 8.17. The van der Waals surface area contributed by atoms with Crippen LogP contribution in [0.5, 0.6) is 0 Å². The predicted octanol–water partition coefficient (Wildman–Crippen LogP) is 12.6. The summed E-state index contributed by atoms with van der Waals surface area (Å²) in [5.74, 6) is 0. The van der Waals surface area contributed by atoms with Crippen LogP contribution in [0.2, 0.25) is 0 Å². The average Bonchev–Trinajstić information content (AvgIpc) is 3.10. The van der Waals surface area contributed by atoms with Crippen molar-refractivity contribution in [2.24, 2.45) is 0 Å². The Balaban J connectivity index is 1.33. The van der Waals surface area contributed by atoms with Gasteiger partial charge < -0.3 is 0 Å². The zero-order valence-electron chi connectivity index (χ0n) is 24.0. The molecule has 0 aliphatic carbocycles. The van der Waals surface area contributed by atoms with Gasteiger partial charge in [-0.15, -0.1) is 0 Å². The molecule has 0 aromatic heterocycles. The van der Waals surface area contributed by atoms with Gasteiger partial charge in [0.1, 0.15) is 0 Å². The van der Waals surface area contributed by atoms with Gasteiger partial charge in [0.05, 0.1) is 0 Å². The average molecular weight is 597 g/mol. The lowest BCUT2D eigenvalue weighted by Crippen LogP contribution is -1.93. The van der Waals surface area contributed by atoms with Gasteiger partial charge in [0.25, 0.3) is 0 Å². The van der Waals surface area contributed by atoms with E-state index in [1.165, 1.54) is 75.2 Å². The maximum absolute atomic E-state index is 2.38. The van der Waals surface area contributed by atoms with Gasteiger partial charge >= 0.3 is 0 Å². The van der Waals surface area contributed by atoms with Crippen molar-refractivity contribution < 1.29 is 0 Å². The molecule has 0 unspecified atom stereocenters. The highest BCUT2D eigenvalue weighted by atomic mass is 32.2. The zero-order valence-corrected chi connectivity index (χ0v) is 25.6. The molecule has 0 radical (unpaired) electrons. The lowest BCUT2D eigenvalue weighted by Gasteiger charge is -2.21. The monoisotopic (exact) mass is 596 g/mol. The fourth-order valence-corrected chi connectivity index (χ4v) is 8.24. The first-order valence-electron chi connectivity index (χ1n) is 14.8. The molecule has 7 aromatic rings. The second-order valence-corrected chi connectivity index (χ2v) is 13.1. The van der Waals surface area contributed by atoms with Crippen LogP contribution >= 0.6 is 23.5 Å². The quantitative estimate of drug-likeness (QED) is 0.199. The highest BCUT2D eigenvalue weighted by molar-refractivity contribution is 8.00. The lowest BCUT2D eigenvalue weighted by molar-refractivity contribution is 1.32. The van der Waals surface area contributed by atoms with E-state index in [2.05, 4.69) is 170 Å². The normalized spacial score (nSPS) is 11.9. The van der Waals surface area contributed by atoms with Gasteiger partial charge in [-0.05, 0) is 86.0 Å². The summed E-state index contributed by atoms with van der Waals surface area (Å²) in [6, 6.07) is 61.8. The van der Waals surface area contributed by atoms with Crippen LogP contribution in [-0.4, -0.2) is 0 Å². The summed E-state index contributed by atoms with van der Waals surface area (Å²) >= 11 is 3.73. The smallest absolute Gasteiger partial charge is 0.0207 e. The second kappa shape index (κ2) is 11.7. The minimum atomic E-state index is 1.22. The van der Waals surface area contributed by atoms with Crippen molar-refractivity contribution in [3.05, 3.63) is 170 Å². The highest BCUT2D eigenvalue weighted by Gasteiger charge is 2.20. The summed E-state index contributed by atoms with van der Waals surface area (Å²) in [6.45, 7) is 0. The van der Waals surface area contributed by atoms with Crippen molar-refractivity contribution in [2.75, 3.05) is 0 Å². The van der Waals surface area contributed by atoms with E-state index in [9.17, 15) is 0 Å². The Bertz CT molecular complexity index is 2110. The zero-order chi connectivity index (χ0) is 29.3. The third-order valence-corrected chi connectivity index (χ3v) is 10.4. The summed E-state index contributed by atoms with van der Waals surface area (Å²) < 4.78 is 0. The van der Waals surface area contributed by atoms with Crippen LogP contribution in [-0.2, 0) is 0 Å². The fourth-order valence-electron chi connectivity index (χ4n) is 5.95. The van der Waals surface area contributed by atoms with Gasteiger partial charge in [-0.3, -0.25) is 0 Å². The molecule has 0 bridgehead atoms. The molecule has 1 heterocycles. The van der Waals surface area contributed by atoms with E-state index in [0.717, 1.165) is 0 Å². The molecule has 2 heteroatoms. The molecule has 1 aliphatic rings. The molecule has 208 valence electrons. The number of benzene rings is 7. The van der Waals surface area contributed by atoms with Gasteiger partial charge in [-0.25, -0.2) is 0 Å². The van der Waals surface area contributed by atoms with Crippen LogP contribution in [0.4, 0.5) is 0 Å². The fraction of sp³-hybridized carbons (Fsp3) is 0. The molecule has 0 spiro atoms. The Labute approximate surface area is 267 Å².